The van der Waals surface area contributed by atoms with Crippen molar-refractivity contribution in [3.63, 3.8) is 0 Å². The monoisotopic (exact) mass is 425 g/mol. The van der Waals surface area contributed by atoms with E-state index in [1.807, 2.05) is 57.2 Å². The van der Waals surface area contributed by atoms with Crippen molar-refractivity contribution in [3.05, 3.63) is 70.4 Å². The number of para-hydroxylation sites is 1. The Morgan fingerprint density at radius 3 is 2.60 bits per heavy atom. The highest BCUT2D eigenvalue weighted by atomic mass is 32.2. The van der Waals surface area contributed by atoms with Gasteiger partial charge >= 0.3 is 0 Å². The third-order valence-corrected chi connectivity index (χ3v) is 6.52. The highest BCUT2D eigenvalue weighted by Crippen LogP contribution is 2.33. The van der Waals surface area contributed by atoms with E-state index >= 15 is 0 Å². The zero-order chi connectivity index (χ0) is 21.5. The minimum absolute atomic E-state index is 0.122. The molecule has 156 valence electrons. The van der Waals surface area contributed by atoms with Crippen LogP contribution in [-0.4, -0.2) is 30.7 Å². The first-order valence-corrected chi connectivity index (χ1v) is 11.4. The van der Waals surface area contributed by atoms with Crippen molar-refractivity contribution in [3.8, 4) is 11.4 Å². The second-order valence-corrected chi connectivity index (χ2v) is 9.67. The van der Waals surface area contributed by atoms with Gasteiger partial charge in [-0.15, -0.1) is 0 Å². The van der Waals surface area contributed by atoms with E-state index in [-0.39, 0.29) is 24.0 Å². The number of hydrogen-bond acceptors (Lipinski definition) is 5. The standard InChI is InChI=1S/C22H23N3O4S/c1-14-8-9-19(16(3)10-14)25-22(17-12-30(27,28)13-18(17)24-25)23-21(26)11-29-20-7-5-4-6-15(20)2/h4-10H,11-13H2,1-3H3,(H,23,26). The number of nitrogens with zero attached hydrogens (tertiary/aromatic N) is 2. The maximum absolute atomic E-state index is 12.7. The van der Waals surface area contributed by atoms with Crippen LogP contribution < -0.4 is 10.1 Å². The van der Waals surface area contributed by atoms with Gasteiger partial charge < -0.3 is 10.1 Å². The molecule has 0 bridgehead atoms. The summed E-state index contributed by atoms with van der Waals surface area (Å²) < 4.78 is 31.5. The molecule has 30 heavy (non-hydrogen) atoms. The Morgan fingerprint density at radius 2 is 1.87 bits per heavy atom. The number of nitrogens with one attached hydrogen (secondary N) is 1. The summed E-state index contributed by atoms with van der Waals surface area (Å²) in [6, 6.07) is 13.3. The quantitative estimate of drug-likeness (QED) is 0.678. The molecule has 2 heterocycles. The first kappa shape index (κ1) is 20.2. The van der Waals surface area contributed by atoms with Gasteiger partial charge in [-0.25, -0.2) is 13.1 Å². The fourth-order valence-electron chi connectivity index (χ4n) is 3.62. The predicted molar refractivity (Wildman–Crippen MR) is 115 cm³/mol. The van der Waals surface area contributed by atoms with Crippen LogP contribution in [0.1, 0.15) is 27.9 Å². The van der Waals surface area contributed by atoms with Crippen molar-refractivity contribution >= 4 is 21.6 Å². The Kier molecular flexibility index (Phi) is 5.11. The lowest BCUT2D eigenvalue weighted by Gasteiger charge is -2.14. The Balaban J connectivity index is 1.64. The molecular weight excluding hydrogens is 402 g/mol. The Hall–Kier alpha value is -3.13. The van der Waals surface area contributed by atoms with Gasteiger partial charge in [0.1, 0.15) is 11.6 Å². The van der Waals surface area contributed by atoms with E-state index in [1.54, 1.807) is 10.7 Å². The molecule has 8 heteroatoms. The van der Waals surface area contributed by atoms with Gasteiger partial charge in [-0.3, -0.25) is 4.79 Å². The average Bonchev–Trinajstić information content (AvgIpc) is 3.14. The van der Waals surface area contributed by atoms with Crippen LogP contribution in [0.4, 0.5) is 5.82 Å². The number of amides is 1. The maximum Gasteiger partial charge on any atom is 0.263 e. The van der Waals surface area contributed by atoms with Gasteiger partial charge in [0.05, 0.1) is 22.9 Å². The number of rotatable bonds is 5. The third-order valence-electron chi connectivity index (χ3n) is 5.08. The molecule has 1 aliphatic heterocycles. The number of carbonyl (C=O) groups excluding carboxylic acids is 1. The van der Waals surface area contributed by atoms with Crippen LogP contribution >= 0.6 is 0 Å². The van der Waals surface area contributed by atoms with Gasteiger partial charge in [-0.1, -0.05) is 35.9 Å². The zero-order valence-electron chi connectivity index (χ0n) is 17.1. The Labute approximate surface area is 175 Å². The van der Waals surface area contributed by atoms with Crippen LogP contribution in [0.25, 0.3) is 5.69 Å². The van der Waals surface area contributed by atoms with Crippen molar-refractivity contribution in [2.24, 2.45) is 0 Å². The summed E-state index contributed by atoms with van der Waals surface area (Å²) in [7, 11) is -3.26. The lowest BCUT2D eigenvalue weighted by molar-refractivity contribution is -0.118. The minimum atomic E-state index is -3.26. The first-order chi connectivity index (χ1) is 14.2. The number of anilines is 1. The molecule has 0 aliphatic carbocycles. The number of hydrogen-bond donors (Lipinski definition) is 1. The number of carbonyl (C=O) groups is 1. The summed E-state index contributed by atoms with van der Waals surface area (Å²) in [5.41, 5.74) is 4.82. The highest BCUT2D eigenvalue weighted by molar-refractivity contribution is 7.90. The van der Waals surface area contributed by atoms with E-state index in [1.165, 1.54) is 0 Å². The molecule has 0 radical (unpaired) electrons. The van der Waals surface area contributed by atoms with Crippen molar-refractivity contribution in [2.45, 2.75) is 32.3 Å². The summed E-state index contributed by atoms with van der Waals surface area (Å²) >= 11 is 0. The SMILES string of the molecule is Cc1ccc(-n2nc3c(c2NC(=O)COc2ccccc2C)CS(=O)(=O)C3)c(C)c1. The van der Waals surface area contributed by atoms with Gasteiger partial charge in [0.25, 0.3) is 5.91 Å². The molecule has 1 aliphatic rings. The summed E-state index contributed by atoms with van der Waals surface area (Å²) in [4.78, 5) is 12.7. The molecule has 0 unspecified atom stereocenters. The first-order valence-electron chi connectivity index (χ1n) is 9.60. The van der Waals surface area contributed by atoms with Gasteiger partial charge in [-0.05, 0) is 44.0 Å². The summed E-state index contributed by atoms with van der Waals surface area (Å²) in [5, 5.41) is 7.35. The Bertz CT molecular complexity index is 1250. The Morgan fingerprint density at radius 1 is 1.10 bits per heavy atom. The van der Waals surface area contributed by atoms with Crippen LogP contribution in [0.5, 0.6) is 5.75 Å². The predicted octanol–water partition coefficient (Wildman–Crippen LogP) is 3.24. The highest BCUT2D eigenvalue weighted by Gasteiger charge is 2.33. The molecule has 0 atom stereocenters. The summed E-state index contributed by atoms with van der Waals surface area (Å²) in [5.74, 6) is 0.376. The summed E-state index contributed by atoms with van der Waals surface area (Å²) in [6.45, 7) is 5.67. The molecule has 2 aromatic carbocycles. The van der Waals surface area contributed by atoms with Gasteiger partial charge in [0, 0.05) is 5.56 Å². The van der Waals surface area contributed by atoms with E-state index in [0.29, 0.717) is 22.8 Å². The van der Waals surface area contributed by atoms with Crippen molar-refractivity contribution in [1.29, 1.82) is 0 Å². The fraction of sp³-hybridized carbons (Fsp3) is 0.273. The number of benzene rings is 2. The third kappa shape index (κ3) is 3.95. The smallest absolute Gasteiger partial charge is 0.263 e. The number of sulfone groups is 1. The second kappa shape index (κ2) is 7.60. The van der Waals surface area contributed by atoms with Crippen LogP contribution in [-0.2, 0) is 26.1 Å². The normalized spacial score (nSPS) is 14.4. The molecular formula is C22H23N3O4S. The van der Waals surface area contributed by atoms with E-state index in [0.717, 1.165) is 22.4 Å². The fourth-order valence-corrected chi connectivity index (χ4v) is 5.11. The molecule has 4 rings (SSSR count). The van der Waals surface area contributed by atoms with Crippen LogP contribution in [0.3, 0.4) is 0 Å². The van der Waals surface area contributed by atoms with Crippen LogP contribution in [0.15, 0.2) is 42.5 Å². The largest absolute Gasteiger partial charge is 0.483 e. The zero-order valence-corrected chi connectivity index (χ0v) is 17.9. The molecule has 0 saturated carbocycles. The molecule has 7 nitrogen and oxygen atoms in total. The molecule has 1 aromatic heterocycles. The van der Waals surface area contributed by atoms with Gasteiger partial charge in [0.15, 0.2) is 16.4 Å². The number of aromatic nitrogens is 2. The molecule has 1 N–H and O–H groups in total. The topological polar surface area (TPSA) is 90.3 Å². The molecule has 0 spiro atoms. The van der Waals surface area contributed by atoms with Crippen LogP contribution in [0, 0.1) is 20.8 Å². The van der Waals surface area contributed by atoms with Gasteiger partial charge in [-0.2, -0.15) is 5.10 Å². The summed E-state index contributed by atoms with van der Waals surface area (Å²) in [6.07, 6.45) is 0. The molecule has 0 saturated heterocycles. The van der Waals surface area contributed by atoms with E-state index < -0.39 is 9.84 Å². The van der Waals surface area contributed by atoms with E-state index in [4.69, 9.17) is 4.74 Å². The molecule has 0 fully saturated rings. The number of fused-ring (bicyclic) bond motifs is 1. The molecule has 3 aromatic rings. The van der Waals surface area contributed by atoms with Crippen LogP contribution in [0.2, 0.25) is 0 Å². The minimum Gasteiger partial charge on any atom is -0.483 e. The van der Waals surface area contributed by atoms with Crippen molar-refractivity contribution < 1.29 is 17.9 Å². The number of ether oxygens (including phenoxy) is 1. The lowest BCUT2D eigenvalue weighted by atomic mass is 10.1. The van der Waals surface area contributed by atoms with Crippen molar-refractivity contribution in [1.82, 2.24) is 9.78 Å². The van der Waals surface area contributed by atoms with Crippen molar-refractivity contribution in [2.75, 3.05) is 11.9 Å². The molecule has 1 amide bonds. The van der Waals surface area contributed by atoms with E-state index in [2.05, 4.69) is 10.4 Å². The number of aryl methyl sites for hydroxylation is 3. The lowest BCUT2D eigenvalue weighted by Crippen LogP contribution is -2.23. The van der Waals surface area contributed by atoms with Gasteiger partial charge in [0.2, 0.25) is 0 Å². The van der Waals surface area contributed by atoms with E-state index in [9.17, 15) is 13.2 Å². The second-order valence-electron chi connectivity index (χ2n) is 7.61. The average molecular weight is 426 g/mol. The maximum atomic E-state index is 12.7.